The first-order chi connectivity index (χ1) is 8.73. The molecule has 1 spiro atoms. The molecular weight excluding hydrogens is 224 g/mol. The second-order valence-electron chi connectivity index (χ2n) is 5.64. The van der Waals surface area contributed by atoms with Gasteiger partial charge in [0.1, 0.15) is 5.60 Å². The normalized spacial score (nSPS) is 35.9. The number of carbonyl (C=O) groups excluding carboxylic acids is 1. The van der Waals surface area contributed by atoms with Crippen LogP contribution >= 0.6 is 0 Å². The monoisotopic (exact) mass is 240 g/mol. The van der Waals surface area contributed by atoms with Gasteiger partial charge in [-0.25, -0.2) is 0 Å². The minimum absolute atomic E-state index is 0.102. The Bertz CT molecular complexity index is 572. The van der Waals surface area contributed by atoms with Crippen LogP contribution < -0.4 is 0 Å². The lowest BCUT2D eigenvalue weighted by atomic mass is 9.55. The maximum Gasteiger partial charge on any atom is 0.155 e. The Morgan fingerprint density at radius 1 is 1.39 bits per heavy atom. The molecule has 2 heteroatoms. The van der Waals surface area contributed by atoms with Gasteiger partial charge in [-0.2, -0.15) is 0 Å². The number of fused-ring (bicyclic) bond motifs is 2. The van der Waals surface area contributed by atoms with Gasteiger partial charge in [0.25, 0.3) is 0 Å². The van der Waals surface area contributed by atoms with Crippen molar-refractivity contribution in [3.63, 3.8) is 0 Å². The number of Topliss-reactive ketones (excluding diaryl/α,β-unsaturated/α-hetero) is 1. The van der Waals surface area contributed by atoms with Crippen molar-refractivity contribution in [1.82, 2.24) is 0 Å². The molecule has 4 rings (SSSR count). The summed E-state index contributed by atoms with van der Waals surface area (Å²) < 4.78 is 6.14. The van der Waals surface area contributed by atoms with E-state index in [0.29, 0.717) is 11.8 Å². The summed E-state index contributed by atoms with van der Waals surface area (Å²) in [5.74, 6) is 1.01. The minimum atomic E-state index is -0.102. The molecule has 3 atom stereocenters. The number of allylic oxidation sites excluding steroid dienone is 1. The summed E-state index contributed by atoms with van der Waals surface area (Å²) in [5, 5.41) is 0. The first kappa shape index (κ1) is 10.5. The molecule has 2 nitrogen and oxygen atoms in total. The lowest BCUT2D eigenvalue weighted by Gasteiger charge is -2.53. The Hall–Kier alpha value is -1.41. The van der Waals surface area contributed by atoms with E-state index < -0.39 is 0 Å². The van der Waals surface area contributed by atoms with Gasteiger partial charge in [-0.1, -0.05) is 30.3 Å². The van der Waals surface area contributed by atoms with Crippen molar-refractivity contribution in [2.45, 2.75) is 31.3 Å². The van der Waals surface area contributed by atoms with E-state index in [-0.39, 0.29) is 11.4 Å². The average molecular weight is 240 g/mol. The highest BCUT2D eigenvalue weighted by atomic mass is 16.5. The van der Waals surface area contributed by atoms with Crippen molar-refractivity contribution >= 4 is 5.78 Å². The predicted octanol–water partition coefficient (Wildman–Crippen LogP) is 2.93. The molecule has 18 heavy (non-hydrogen) atoms. The summed E-state index contributed by atoms with van der Waals surface area (Å²) in [6.45, 7) is 2.51. The Morgan fingerprint density at radius 2 is 2.22 bits per heavy atom. The predicted molar refractivity (Wildman–Crippen MR) is 68.3 cm³/mol. The molecule has 0 amide bonds. The molecule has 1 aromatic rings. The van der Waals surface area contributed by atoms with E-state index in [4.69, 9.17) is 4.74 Å². The Kier molecular flexibility index (Phi) is 1.94. The van der Waals surface area contributed by atoms with Crippen molar-refractivity contribution in [3.8, 4) is 0 Å². The van der Waals surface area contributed by atoms with E-state index in [1.54, 1.807) is 6.92 Å². The molecule has 1 aromatic carbocycles. The van der Waals surface area contributed by atoms with Crippen molar-refractivity contribution < 1.29 is 9.53 Å². The molecule has 3 aliphatic rings. The fraction of sp³-hybridized carbons (Fsp3) is 0.438. The standard InChI is InChI=1S/C16H16O2/c1-10(17)11-8-12-6-7-18-16(12)14-5-3-2-4-13(14)15(16)9-11/h2-5,9,12,15H,6-8H2,1H3/t12-,15-,16-/m1/s1. The van der Waals surface area contributed by atoms with Gasteiger partial charge in [-0.05, 0) is 42.4 Å². The Balaban J connectivity index is 1.90. The quantitative estimate of drug-likeness (QED) is 0.754. The summed E-state index contributed by atoms with van der Waals surface area (Å²) in [6, 6.07) is 8.53. The van der Waals surface area contributed by atoms with E-state index in [1.165, 1.54) is 11.1 Å². The van der Waals surface area contributed by atoms with Gasteiger partial charge in [-0.15, -0.1) is 0 Å². The molecular formula is C16H16O2. The van der Waals surface area contributed by atoms with Crippen LogP contribution in [0.25, 0.3) is 0 Å². The summed E-state index contributed by atoms with van der Waals surface area (Å²) in [4.78, 5) is 11.7. The lowest BCUT2D eigenvalue weighted by Crippen LogP contribution is -2.49. The zero-order valence-electron chi connectivity index (χ0n) is 10.5. The molecule has 0 saturated carbocycles. The zero-order chi connectivity index (χ0) is 12.3. The number of carbonyl (C=O) groups is 1. The molecule has 1 fully saturated rings. The van der Waals surface area contributed by atoms with Gasteiger partial charge in [0.05, 0.1) is 0 Å². The lowest BCUT2D eigenvalue weighted by molar-refractivity contribution is -0.115. The fourth-order valence-corrected chi connectivity index (χ4v) is 4.05. The van der Waals surface area contributed by atoms with Crippen LogP contribution in [0.15, 0.2) is 35.9 Å². The second-order valence-corrected chi connectivity index (χ2v) is 5.64. The van der Waals surface area contributed by atoms with Crippen molar-refractivity contribution in [1.29, 1.82) is 0 Å². The zero-order valence-corrected chi connectivity index (χ0v) is 10.5. The van der Waals surface area contributed by atoms with Gasteiger partial charge in [-0.3, -0.25) is 4.79 Å². The van der Waals surface area contributed by atoms with Gasteiger partial charge in [0.2, 0.25) is 0 Å². The van der Waals surface area contributed by atoms with Gasteiger partial charge in [0.15, 0.2) is 5.78 Å². The highest BCUT2D eigenvalue weighted by Crippen LogP contribution is 2.64. The molecule has 0 aromatic heterocycles. The van der Waals surface area contributed by atoms with E-state index in [1.807, 2.05) is 0 Å². The molecule has 0 radical (unpaired) electrons. The van der Waals surface area contributed by atoms with Crippen LogP contribution in [0.4, 0.5) is 0 Å². The fourth-order valence-electron chi connectivity index (χ4n) is 4.05. The molecule has 1 heterocycles. The van der Waals surface area contributed by atoms with Crippen LogP contribution in [-0.2, 0) is 15.1 Å². The average Bonchev–Trinajstić information content (AvgIpc) is 2.81. The molecule has 1 saturated heterocycles. The summed E-state index contributed by atoms with van der Waals surface area (Å²) in [6.07, 6.45) is 4.13. The van der Waals surface area contributed by atoms with E-state index in [9.17, 15) is 4.79 Å². The summed E-state index contributed by atoms with van der Waals surface area (Å²) >= 11 is 0. The topological polar surface area (TPSA) is 26.3 Å². The van der Waals surface area contributed by atoms with E-state index in [0.717, 1.165) is 25.0 Å². The third kappa shape index (κ3) is 1.05. The van der Waals surface area contributed by atoms with Crippen molar-refractivity contribution in [3.05, 3.63) is 47.0 Å². The second kappa shape index (κ2) is 3.33. The highest BCUT2D eigenvalue weighted by Gasteiger charge is 2.60. The number of hydrogen-bond donors (Lipinski definition) is 0. The molecule has 2 aliphatic carbocycles. The third-order valence-electron chi connectivity index (χ3n) is 4.88. The van der Waals surface area contributed by atoms with Gasteiger partial charge >= 0.3 is 0 Å². The van der Waals surface area contributed by atoms with Crippen LogP contribution in [0.1, 0.15) is 36.8 Å². The molecule has 0 unspecified atom stereocenters. The van der Waals surface area contributed by atoms with Crippen LogP contribution in [0.5, 0.6) is 0 Å². The van der Waals surface area contributed by atoms with E-state index in [2.05, 4.69) is 30.3 Å². The molecule has 0 N–H and O–H groups in total. The minimum Gasteiger partial charge on any atom is -0.369 e. The molecule has 0 bridgehead atoms. The molecule has 1 aliphatic heterocycles. The largest absolute Gasteiger partial charge is 0.369 e. The first-order valence-corrected chi connectivity index (χ1v) is 6.68. The van der Waals surface area contributed by atoms with Crippen LogP contribution in [-0.4, -0.2) is 12.4 Å². The van der Waals surface area contributed by atoms with Gasteiger partial charge in [0, 0.05) is 12.5 Å². The first-order valence-electron chi connectivity index (χ1n) is 6.68. The third-order valence-corrected chi connectivity index (χ3v) is 4.88. The maximum atomic E-state index is 11.7. The van der Waals surface area contributed by atoms with E-state index >= 15 is 0 Å². The SMILES string of the molecule is CC(=O)C1=C[C@@H]2c3ccccc3[C@@]23OCC[C@@H]3C1. The smallest absolute Gasteiger partial charge is 0.155 e. The number of ether oxygens (including phenoxy) is 1. The van der Waals surface area contributed by atoms with Crippen molar-refractivity contribution in [2.24, 2.45) is 5.92 Å². The van der Waals surface area contributed by atoms with Crippen LogP contribution in [0.2, 0.25) is 0 Å². The van der Waals surface area contributed by atoms with Crippen molar-refractivity contribution in [2.75, 3.05) is 6.61 Å². The Morgan fingerprint density at radius 3 is 3.06 bits per heavy atom. The number of rotatable bonds is 1. The van der Waals surface area contributed by atoms with Gasteiger partial charge < -0.3 is 4.74 Å². The summed E-state index contributed by atoms with van der Waals surface area (Å²) in [5.41, 5.74) is 3.61. The maximum absolute atomic E-state index is 11.7. The highest BCUT2D eigenvalue weighted by molar-refractivity contribution is 5.94. The van der Waals surface area contributed by atoms with Crippen LogP contribution in [0, 0.1) is 5.92 Å². The Labute approximate surface area is 107 Å². The molecule has 92 valence electrons. The number of hydrogen-bond acceptors (Lipinski definition) is 2. The summed E-state index contributed by atoms with van der Waals surface area (Å²) in [7, 11) is 0. The number of benzene rings is 1. The van der Waals surface area contributed by atoms with Crippen LogP contribution in [0.3, 0.4) is 0 Å². The number of ketones is 1.